The highest BCUT2D eigenvalue weighted by Gasteiger charge is 2.14. The number of hydrogen-bond acceptors (Lipinski definition) is 5. The van der Waals surface area contributed by atoms with Gasteiger partial charge in [0.05, 0.1) is 13.2 Å². The van der Waals surface area contributed by atoms with Crippen LogP contribution in [0.1, 0.15) is 17.2 Å². The minimum Gasteiger partial charge on any atom is -0.612 e. The summed E-state index contributed by atoms with van der Waals surface area (Å²) in [7, 11) is 1.61. The maximum absolute atomic E-state index is 11.7. The van der Waals surface area contributed by atoms with Crippen LogP contribution in [0.2, 0.25) is 0 Å². The van der Waals surface area contributed by atoms with Gasteiger partial charge in [0.25, 0.3) is 0 Å². The van der Waals surface area contributed by atoms with Gasteiger partial charge >= 0.3 is 0 Å². The Morgan fingerprint density at radius 1 is 1.20 bits per heavy atom. The number of methoxy groups -OCH3 is 1. The van der Waals surface area contributed by atoms with E-state index in [1.54, 1.807) is 13.4 Å². The van der Waals surface area contributed by atoms with Crippen molar-refractivity contribution in [1.29, 1.82) is 0 Å². The molecule has 5 nitrogen and oxygen atoms in total. The highest BCUT2D eigenvalue weighted by molar-refractivity contribution is 7.90. The quantitative estimate of drug-likeness (QED) is 0.529. The molecule has 2 N–H and O–H groups in total. The van der Waals surface area contributed by atoms with Crippen molar-refractivity contribution in [2.45, 2.75) is 17.9 Å². The minimum absolute atomic E-state index is 0.397. The molecule has 0 aromatic heterocycles. The lowest BCUT2D eigenvalue weighted by molar-refractivity contribution is 0.171. The molecule has 0 fully saturated rings. The lowest BCUT2D eigenvalue weighted by Gasteiger charge is -2.15. The van der Waals surface area contributed by atoms with Gasteiger partial charge < -0.3 is 24.4 Å². The second-order valence-corrected chi connectivity index (χ2v) is 7.05. The number of benzene rings is 2. The number of aliphatic hydroxyl groups is 1. The molecule has 0 aliphatic carbocycles. The summed E-state index contributed by atoms with van der Waals surface area (Å²) in [6.07, 6.45) is 0.987. The summed E-state index contributed by atoms with van der Waals surface area (Å²) >= 11 is -1.06. The van der Waals surface area contributed by atoms with Gasteiger partial charge in [0.2, 0.25) is 0 Å². The molecule has 2 unspecified atom stereocenters. The molecule has 0 aliphatic heterocycles. The van der Waals surface area contributed by atoms with E-state index in [2.05, 4.69) is 5.32 Å². The number of para-hydroxylation sites is 2. The Bertz CT molecular complexity index is 678. The van der Waals surface area contributed by atoms with E-state index in [0.717, 1.165) is 16.0 Å². The van der Waals surface area contributed by atoms with E-state index < -0.39 is 17.3 Å². The van der Waals surface area contributed by atoms with Crippen molar-refractivity contribution in [3.05, 3.63) is 53.6 Å². The Morgan fingerprint density at radius 2 is 1.92 bits per heavy atom. The Labute approximate surface area is 152 Å². The average molecular weight is 363 g/mol. The first-order valence-electron chi connectivity index (χ1n) is 8.11. The van der Waals surface area contributed by atoms with Crippen molar-refractivity contribution < 1.29 is 19.1 Å². The standard InChI is InChI=1S/C19H25NO4S/c1-14-8-9-15(12-19(14)25(3)22)16(21)13-20-10-11-24-18-7-5-4-6-17(18)23-2/h4-9,12,16,20-21H,10-11,13H2,1-3H3. The Kier molecular flexibility index (Phi) is 7.58. The van der Waals surface area contributed by atoms with Gasteiger partial charge in [-0.3, -0.25) is 0 Å². The van der Waals surface area contributed by atoms with Crippen LogP contribution in [0.3, 0.4) is 0 Å². The summed E-state index contributed by atoms with van der Waals surface area (Å²) in [5.41, 5.74) is 1.73. The molecule has 0 spiro atoms. The lowest BCUT2D eigenvalue weighted by atomic mass is 10.1. The normalized spacial score (nSPS) is 13.3. The van der Waals surface area contributed by atoms with Crippen LogP contribution in [0.5, 0.6) is 11.5 Å². The molecule has 2 rings (SSSR count). The van der Waals surface area contributed by atoms with Crippen LogP contribution >= 0.6 is 0 Å². The van der Waals surface area contributed by atoms with Gasteiger partial charge in [-0.2, -0.15) is 0 Å². The third kappa shape index (κ3) is 5.64. The molecule has 2 atom stereocenters. The third-order valence-electron chi connectivity index (χ3n) is 3.85. The van der Waals surface area contributed by atoms with Crippen LogP contribution in [-0.2, 0) is 11.2 Å². The smallest absolute Gasteiger partial charge is 0.161 e. The van der Waals surface area contributed by atoms with Gasteiger partial charge in [0, 0.05) is 18.7 Å². The van der Waals surface area contributed by atoms with Crippen LogP contribution in [0.25, 0.3) is 0 Å². The zero-order chi connectivity index (χ0) is 18.2. The number of nitrogens with one attached hydrogen (secondary N) is 1. The van der Waals surface area contributed by atoms with Gasteiger partial charge in [-0.15, -0.1) is 0 Å². The molecule has 2 aromatic carbocycles. The number of aryl methyl sites for hydroxylation is 1. The average Bonchev–Trinajstić information content (AvgIpc) is 2.61. The van der Waals surface area contributed by atoms with E-state index in [1.807, 2.05) is 49.4 Å². The van der Waals surface area contributed by atoms with Crippen molar-refractivity contribution in [3.8, 4) is 11.5 Å². The monoisotopic (exact) mass is 363 g/mol. The predicted octanol–water partition coefficient (Wildman–Crippen LogP) is 2.44. The van der Waals surface area contributed by atoms with E-state index in [1.165, 1.54) is 0 Å². The summed E-state index contributed by atoms with van der Waals surface area (Å²) in [6, 6.07) is 13.0. The molecule has 0 heterocycles. The zero-order valence-electron chi connectivity index (χ0n) is 14.8. The van der Waals surface area contributed by atoms with Crippen LogP contribution in [0.4, 0.5) is 0 Å². The fraction of sp³-hybridized carbons (Fsp3) is 0.368. The summed E-state index contributed by atoms with van der Waals surface area (Å²) in [4.78, 5) is 0.760. The Hall–Kier alpha value is -1.73. The highest BCUT2D eigenvalue weighted by atomic mass is 32.2. The summed E-state index contributed by atoms with van der Waals surface area (Å²) in [5.74, 6) is 1.39. The first kappa shape index (κ1) is 19.6. The molecule has 2 aromatic rings. The molecule has 25 heavy (non-hydrogen) atoms. The first-order chi connectivity index (χ1) is 12.0. The van der Waals surface area contributed by atoms with Gasteiger partial charge in [-0.25, -0.2) is 0 Å². The third-order valence-corrected chi connectivity index (χ3v) is 4.91. The SMILES string of the molecule is COc1ccccc1OCCNCC(O)c1ccc(C)c([S+](C)[O-])c1. The zero-order valence-corrected chi connectivity index (χ0v) is 15.6. The highest BCUT2D eigenvalue weighted by Crippen LogP contribution is 2.25. The van der Waals surface area contributed by atoms with Crippen molar-refractivity contribution in [2.24, 2.45) is 0 Å². The van der Waals surface area contributed by atoms with E-state index in [4.69, 9.17) is 9.47 Å². The van der Waals surface area contributed by atoms with Crippen LogP contribution in [0.15, 0.2) is 47.4 Å². The molecule has 0 saturated heterocycles. The van der Waals surface area contributed by atoms with Gasteiger partial charge in [0.1, 0.15) is 12.9 Å². The van der Waals surface area contributed by atoms with Crippen LogP contribution < -0.4 is 14.8 Å². The fourth-order valence-corrected chi connectivity index (χ4v) is 3.28. The summed E-state index contributed by atoms with van der Waals surface area (Å²) in [6.45, 7) is 3.37. The van der Waals surface area contributed by atoms with E-state index in [-0.39, 0.29) is 0 Å². The van der Waals surface area contributed by atoms with E-state index in [9.17, 15) is 9.66 Å². The molecule has 6 heteroatoms. The lowest BCUT2D eigenvalue weighted by Crippen LogP contribution is -2.26. The number of aliphatic hydroxyl groups excluding tert-OH is 1. The maximum Gasteiger partial charge on any atom is 0.161 e. The maximum atomic E-state index is 11.7. The topological polar surface area (TPSA) is 73.8 Å². The predicted molar refractivity (Wildman–Crippen MR) is 99.8 cm³/mol. The van der Waals surface area contributed by atoms with E-state index in [0.29, 0.717) is 31.2 Å². The van der Waals surface area contributed by atoms with Crippen LogP contribution in [-0.4, -0.2) is 42.7 Å². The van der Waals surface area contributed by atoms with Crippen molar-refractivity contribution >= 4 is 11.2 Å². The van der Waals surface area contributed by atoms with Crippen molar-refractivity contribution in [3.63, 3.8) is 0 Å². The van der Waals surface area contributed by atoms with Crippen LogP contribution in [0, 0.1) is 6.92 Å². The second kappa shape index (κ2) is 9.68. The summed E-state index contributed by atoms with van der Waals surface area (Å²) in [5, 5.41) is 13.5. The molecular formula is C19H25NO4S. The molecule has 0 bridgehead atoms. The number of hydrogen-bond donors (Lipinski definition) is 2. The van der Waals surface area contributed by atoms with Gasteiger partial charge in [-0.1, -0.05) is 24.3 Å². The van der Waals surface area contributed by atoms with Crippen molar-refractivity contribution in [1.82, 2.24) is 5.32 Å². The largest absolute Gasteiger partial charge is 0.612 e. The van der Waals surface area contributed by atoms with E-state index >= 15 is 0 Å². The Balaban J connectivity index is 1.79. The van der Waals surface area contributed by atoms with Crippen molar-refractivity contribution in [2.75, 3.05) is 33.1 Å². The number of ether oxygens (including phenoxy) is 2. The molecule has 0 saturated carbocycles. The molecule has 0 amide bonds. The molecule has 0 radical (unpaired) electrons. The van der Waals surface area contributed by atoms with Gasteiger partial charge in [-0.05, 0) is 41.9 Å². The molecule has 136 valence electrons. The molecular weight excluding hydrogens is 338 g/mol. The minimum atomic E-state index is -1.06. The Morgan fingerprint density at radius 3 is 2.60 bits per heavy atom. The van der Waals surface area contributed by atoms with Gasteiger partial charge in [0.15, 0.2) is 16.4 Å². The fourth-order valence-electron chi connectivity index (χ4n) is 2.46. The number of rotatable bonds is 9. The molecule has 0 aliphatic rings. The second-order valence-electron chi connectivity index (χ2n) is 5.70. The summed E-state index contributed by atoms with van der Waals surface area (Å²) < 4.78 is 22.6. The first-order valence-corrected chi connectivity index (χ1v) is 9.67.